The third-order valence-corrected chi connectivity index (χ3v) is 13.2. The zero-order chi connectivity index (χ0) is 48.9. The predicted molar refractivity (Wildman–Crippen MR) is 250 cm³/mol. The number of amides is 3. The van der Waals surface area contributed by atoms with E-state index >= 15 is 0 Å². The monoisotopic (exact) mass is 940 g/mol. The number of benzene rings is 3. The summed E-state index contributed by atoms with van der Waals surface area (Å²) >= 11 is 0. The number of pyridine rings is 2. The summed E-state index contributed by atoms with van der Waals surface area (Å²) in [5.41, 5.74) is 3.95. The summed E-state index contributed by atoms with van der Waals surface area (Å²) in [6.07, 6.45) is 0.753. The van der Waals surface area contributed by atoms with Crippen LogP contribution in [-0.2, 0) is 49.0 Å². The van der Waals surface area contributed by atoms with E-state index in [2.05, 4.69) is 15.5 Å². The Morgan fingerprint density at radius 1 is 0.884 bits per heavy atom. The molecule has 1 saturated heterocycles. The number of hydrogen-bond donors (Lipinski definition) is 4. The number of phenolic OH excluding ortho intramolecular Hbond substituents is 3. The van der Waals surface area contributed by atoms with Gasteiger partial charge in [-0.25, -0.2) is 9.78 Å². The van der Waals surface area contributed by atoms with E-state index in [0.717, 1.165) is 16.5 Å². The number of hydrogen-bond acceptors (Lipinski definition) is 14. The van der Waals surface area contributed by atoms with Crippen molar-refractivity contribution in [2.75, 3.05) is 46.1 Å². The highest BCUT2D eigenvalue weighted by molar-refractivity contribution is 5.95. The van der Waals surface area contributed by atoms with Crippen LogP contribution in [0.5, 0.6) is 17.2 Å². The molecule has 19 heteroatoms. The van der Waals surface area contributed by atoms with Crippen molar-refractivity contribution in [1.82, 2.24) is 39.4 Å². The minimum atomic E-state index is -1.69. The Labute approximate surface area is 395 Å². The number of phenols is 3. The number of nitrogens with one attached hydrogen (secondary N) is 1. The number of ether oxygens (including phenoxy) is 3. The molecule has 6 aromatic rings. The van der Waals surface area contributed by atoms with Gasteiger partial charge in [0.1, 0.15) is 37.3 Å². The van der Waals surface area contributed by atoms with Gasteiger partial charge in [0.15, 0.2) is 11.4 Å². The fraction of sp³-hybridized carbons (Fsp3) is 0.360. The van der Waals surface area contributed by atoms with Crippen molar-refractivity contribution in [2.45, 2.75) is 72.1 Å². The number of esters is 1. The van der Waals surface area contributed by atoms with Crippen LogP contribution in [0.25, 0.3) is 39.4 Å². The number of fused-ring (bicyclic) bond motifs is 5. The van der Waals surface area contributed by atoms with Crippen LogP contribution in [-0.4, -0.2) is 119 Å². The van der Waals surface area contributed by atoms with E-state index in [9.17, 15) is 39.3 Å². The highest BCUT2D eigenvalue weighted by Crippen LogP contribution is 2.43. The van der Waals surface area contributed by atoms with Gasteiger partial charge < -0.3 is 49.2 Å². The van der Waals surface area contributed by atoms with E-state index in [0.29, 0.717) is 52.2 Å². The van der Waals surface area contributed by atoms with Crippen molar-refractivity contribution < 1.29 is 48.7 Å². The van der Waals surface area contributed by atoms with Crippen LogP contribution in [0.15, 0.2) is 65.5 Å². The lowest BCUT2D eigenvalue weighted by molar-refractivity contribution is -0.201. The number of nitrogens with zero attached hydrogens (tertiary/aromatic N) is 7. The maximum absolute atomic E-state index is 14.1. The summed E-state index contributed by atoms with van der Waals surface area (Å²) in [4.78, 5) is 76.0. The predicted octanol–water partition coefficient (Wildman–Crippen LogP) is 4.86. The lowest BCUT2D eigenvalue weighted by Gasteiger charge is -2.36. The van der Waals surface area contributed by atoms with Gasteiger partial charge >= 0.3 is 5.97 Å². The summed E-state index contributed by atoms with van der Waals surface area (Å²) in [5.74, 6) is -1.96. The number of rotatable bonds is 13. The van der Waals surface area contributed by atoms with Crippen molar-refractivity contribution in [2.24, 2.45) is 0 Å². The molecule has 0 radical (unpaired) electrons. The second-order valence-corrected chi connectivity index (χ2v) is 17.5. The molecule has 4 N–H and O–H groups in total. The first-order chi connectivity index (χ1) is 33.2. The van der Waals surface area contributed by atoms with Gasteiger partial charge in [-0.3, -0.25) is 23.7 Å². The number of carbonyl (C=O) groups is 4. The van der Waals surface area contributed by atoms with Crippen molar-refractivity contribution in [3.8, 4) is 45.7 Å². The molecule has 69 heavy (non-hydrogen) atoms. The van der Waals surface area contributed by atoms with E-state index in [1.54, 1.807) is 82.8 Å². The van der Waals surface area contributed by atoms with Crippen LogP contribution in [0.3, 0.4) is 0 Å². The molecule has 1 unspecified atom stereocenters. The Balaban J connectivity index is 0.847. The molecule has 3 aromatic carbocycles. The highest BCUT2D eigenvalue weighted by Gasteiger charge is 2.48. The maximum atomic E-state index is 14.1. The molecule has 0 saturated carbocycles. The second kappa shape index (κ2) is 18.5. The highest BCUT2D eigenvalue weighted by atomic mass is 16.7. The molecule has 9 rings (SSSR count). The molecule has 6 heterocycles. The first-order valence-corrected chi connectivity index (χ1v) is 23.0. The van der Waals surface area contributed by atoms with Gasteiger partial charge in [-0.1, -0.05) is 27.7 Å². The molecule has 358 valence electrons. The molecule has 0 spiro atoms. The normalized spacial score (nSPS) is 16.3. The molecule has 3 amide bonds. The Kier molecular flexibility index (Phi) is 12.4. The van der Waals surface area contributed by atoms with Crippen molar-refractivity contribution in [3.05, 3.63) is 110 Å². The molecule has 19 nitrogen and oxygen atoms in total. The Hall–Kier alpha value is -7.64. The van der Waals surface area contributed by atoms with Crippen LogP contribution < -0.4 is 10.9 Å². The van der Waals surface area contributed by atoms with Crippen LogP contribution in [0.1, 0.15) is 95.8 Å². The quantitative estimate of drug-likeness (QED) is 0.0686. The Morgan fingerprint density at radius 2 is 1.62 bits per heavy atom. The van der Waals surface area contributed by atoms with Crippen molar-refractivity contribution >= 4 is 34.6 Å². The SMILES string of the molecule is CCNC(=O)c1nnc(-c2cc(C(C)C)c(O)cc2O)n1-c1ccc(C(=O)N2CCN(C(=O)COCOC3(CC)C(=O)OCc4c3cc3n(c4=O)Cc4c-3nc3ccc(O)cc3c4CC)CC2)cc1. The number of aromatic nitrogens is 5. The van der Waals surface area contributed by atoms with E-state index in [4.69, 9.17) is 19.2 Å². The first-order valence-electron chi connectivity index (χ1n) is 23.0. The zero-order valence-corrected chi connectivity index (χ0v) is 38.9. The van der Waals surface area contributed by atoms with Gasteiger partial charge in [-0.2, -0.15) is 0 Å². The summed E-state index contributed by atoms with van der Waals surface area (Å²) in [6.45, 7) is 9.83. The number of piperazine rings is 1. The molecular formula is C50H52N8O11. The fourth-order valence-corrected chi connectivity index (χ4v) is 9.56. The third kappa shape index (κ3) is 8.10. The summed E-state index contributed by atoms with van der Waals surface area (Å²) in [7, 11) is 0. The minimum absolute atomic E-state index is 0.0415. The molecule has 0 aliphatic carbocycles. The molecule has 3 aliphatic heterocycles. The van der Waals surface area contributed by atoms with E-state index in [1.165, 1.54) is 10.6 Å². The van der Waals surface area contributed by atoms with Crippen LogP contribution >= 0.6 is 0 Å². The lowest BCUT2D eigenvalue weighted by Crippen LogP contribution is -2.51. The first kappa shape index (κ1) is 46.5. The van der Waals surface area contributed by atoms with Crippen LogP contribution in [0, 0.1) is 0 Å². The number of carbonyl (C=O) groups excluding carboxylic acids is 4. The van der Waals surface area contributed by atoms with E-state index in [-0.39, 0.29) is 116 Å². The van der Waals surface area contributed by atoms with Gasteiger partial charge in [-0.05, 0) is 91.4 Å². The Morgan fingerprint density at radius 3 is 2.32 bits per heavy atom. The van der Waals surface area contributed by atoms with Crippen LogP contribution in [0.2, 0.25) is 0 Å². The van der Waals surface area contributed by atoms with Gasteiger partial charge in [0, 0.05) is 66.6 Å². The molecular weight excluding hydrogens is 889 g/mol. The number of aryl methyl sites for hydroxylation is 1. The average Bonchev–Trinajstić information content (AvgIpc) is 3.95. The topological polar surface area (TPSA) is 241 Å². The summed E-state index contributed by atoms with van der Waals surface area (Å²) in [6, 6.07) is 16.1. The average molecular weight is 941 g/mol. The second-order valence-electron chi connectivity index (χ2n) is 17.5. The molecule has 1 fully saturated rings. The van der Waals surface area contributed by atoms with Gasteiger partial charge in [0.05, 0.1) is 34.6 Å². The van der Waals surface area contributed by atoms with E-state index in [1.807, 2.05) is 20.8 Å². The smallest absolute Gasteiger partial charge is 0.343 e. The van der Waals surface area contributed by atoms with Crippen LogP contribution in [0.4, 0.5) is 0 Å². The van der Waals surface area contributed by atoms with Crippen molar-refractivity contribution in [3.63, 3.8) is 0 Å². The largest absolute Gasteiger partial charge is 0.508 e. The minimum Gasteiger partial charge on any atom is -0.508 e. The van der Waals surface area contributed by atoms with Gasteiger partial charge in [-0.15, -0.1) is 10.2 Å². The molecule has 0 bridgehead atoms. The molecule has 1 atom stereocenters. The number of cyclic esters (lactones) is 1. The van der Waals surface area contributed by atoms with Gasteiger partial charge in [0.25, 0.3) is 17.4 Å². The zero-order valence-electron chi connectivity index (χ0n) is 38.9. The summed E-state index contributed by atoms with van der Waals surface area (Å²) < 4.78 is 20.5. The summed E-state index contributed by atoms with van der Waals surface area (Å²) in [5, 5.41) is 43.5. The standard InChI is InChI=1S/C50H52N8O11/c1-6-31-33-19-30(59)13-14-38(33)52-43-35(31)23-57-39(43)21-37-36(48(57)65)24-68-49(66)50(37,7-2)69-26-67-25-42(62)55-15-17-56(18-16-55)47(64)28-9-11-29(12-10-28)58-44(53-54-45(58)46(63)51-8-3)34-20-32(27(4)5)40(60)22-41(34)61/h9-14,19-22,27,59-61H,6-8,15-18,23-26H2,1-5H3,(H,51,63). The lowest BCUT2D eigenvalue weighted by atomic mass is 9.85. The van der Waals surface area contributed by atoms with Gasteiger partial charge in [0.2, 0.25) is 11.7 Å². The third-order valence-electron chi connectivity index (χ3n) is 13.2. The van der Waals surface area contributed by atoms with Crippen molar-refractivity contribution in [1.29, 1.82) is 0 Å². The maximum Gasteiger partial charge on any atom is 0.343 e. The molecule has 3 aliphatic rings. The fourth-order valence-electron chi connectivity index (χ4n) is 9.56. The molecule has 3 aromatic heterocycles. The Bertz CT molecular complexity index is 3120. The van der Waals surface area contributed by atoms with E-state index < -0.39 is 24.3 Å². The number of aromatic hydroxyl groups is 3.